The van der Waals surface area contributed by atoms with Gasteiger partial charge in [-0.2, -0.15) is 10.2 Å². The molecule has 0 amide bonds. The van der Waals surface area contributed by atoms with Crippen molar-refractivity contribution in [2.45, 2.75) is 56.9 Å². The molecule has 0 aromatic carbocycles. The van der Waals surface area contributed by atoms with Gasteiger partial charge in [0.05, 0.1) is 0 Å². The van der Waals surface area contributed by atoms with Crippen LogP contribution in [0.4, 0.5) is 5.82 Å². The molecule has 5 heterocycles. The molecule has 2 saturated heterocycles. The number of aryl methyl sites for hydroxylation is 1. The van der Waals surface area contributed by atoms with Gasteiger partial charge in [-0.05, 0) is 19.8 Å². The Morgan fingerprint density at radius 3 is 2.62 bits per heavy atom. The van der Waals surface area contributed by atoms with Crippen LogP contribution in [0.25, 0.3) is 11.2 Å². The molecule has 108 valence electrons. The molecule has 1 spiro atoms. The van der Waals surface area contributed by atoms with E-state index >= 15 is 0 Å². The summed E-state index contributed by atoms with van der Waals surface area (Å²) in [6.45, 7) is 2.81. The van der Waals surface area contributed by atoms with Gasteiger partial charge in [-0.1, -0.05) is 5.21 Å². The van der Waals surface area contributed by atoms with Crippen LogP contribution in [0.3, 0.4) is 0 Å². The van der Waals surface area contributed by atoms with Crippen molar-refractivity contribution in [3.05, 3.63) is 6.33 Å². The molecule has 2 aromatic rings. The van der Waals surface area contributed by atoms with Gasteiger partial charge in [0.2, 0.25) is 0 Å². The maximum atomic E-state index is 4.52. The molecule has 2 atom stereocenters. The highest BCUT2D eigenvalue weighted by atomic mass is 15.5. The number of anilines is 1. The van der Waals surface area contributed by atoms with Crippen LogP contribution in [0.1, 0.15) is 32.6 Å². The van der Waals surface area contributed by atoms with Crippen molar-refractivity contribution in [3.8, 4) is 0 Å². The van der Waals surface area contributed by atoms with Crippen LogP contribution < -0.4 is 4.90 Å². The summed E-state index contributed by atoms with van der Waals surface area (Å²) in [6.07, 6.45) is 6.02. The van der Waals surface area contributed by atoms with Gasteiger partial charge >= 0.3 is 0 Å². The molecule has 3 aliphatic heterocycles. The standard InChI is InChI=1S/C13H16N8/c1-2-20-11-10(16-19-20)12(15-7-14-11)21-8-3-4-9(21)6-13(5-8)17-18-13/h7-9H,2-6H2,1H3. The van der Waals surface area contributed by atoms with Gasteiger partial charge in [-0.15, -0.1) is 5.10 Å². The molecule has 2 bridgehead atoms. The van der Waals surface area contributed by atoms with E-state index in [9.17, 15) is 0 Å². The summed E-state index contributed by atoms with van der Waals surface area (Å²) in [5, 5.41) is 17.0. The third kappa shape index (κ3) is 1.50. The SMILES string of the molecule is CCn1nnc2c(N3C4CCC3CC3(C4)N=N3)ncnc21. The number of nitrogens with zero attached hydrogens (tertiary/aromatic N) is 8. The lowest BCUT2D eigenvalue weighted by molar-refractivity contribution is 0.372. The Bertz CT molecular complexity index is 728. The van der Waals surface area contributed by atoms with E-state index in [1.807, 2.05) is 11.6 Å². The minimum Gasteiger partial charge on any atom is -0.348 e. The second-order valence-corrected chi connectivity index (χ2v) is 6.16. The maximum Gasteiger partial charge on any atom is 0.194 e. The molecular formula is C13H16N8. The van der Waals surface area contributed by atoms with Gasteiger partial charge in [-0.25, -0.2) is 14.6 Å². The van der Waals surface area contributed by atoms with Crippen molar-refractivity contribution < 1.29 is 0 Å². The van der Waals surface area contributed by atoms with E-state index in [0.29, 0.717) is 12.1 Å². The van der Waals surface area contributed by atoms with Crippen LogP contribution in [0, 0.1) is 0 Å². The fourth-order valence-electron chi connectivity index (χ4n) is 3.96. The van der Waals surface area contributed by atoms with Gasteiger partial charge < -0.3 is 4.90 Å². The first kappa shape index (κ1) is 11.5. The Labute approximate surface area is 121 Å². The number of fused-ring (bicyclic) bond motifs is 3. The average Bonchev–Trinajstić information content (AvgIpc) is 3.00. The van der Waals surface area contributed by atoms with Crippen molar-refractivity contribution in [2.24, 2.45) is 10.2 Å². The third-order valence-corrected chi connectivity index (χ3v) is 4.95. The van der Waals surface area contributed by atoms with E-state index in [1.54, 1.807) is 6.33 Å². The first-order chi connectivity index (χ1) is 10.3. The van der Waals surface area contributed by atoms with Crippen LogP contribution >= 0.6 is 0 Å². The van der Waals surface area contributed by atoms with E-state index in [4.69, 9.17) is 0 Å². The second kappa shape index (κ2) is 3.75. The summed E-state index contributed by atoms with van der Waals surface area (Å²) in [4.78, 5) is 11.3. The lowest BCUT2D eigenvalue weighted by atomic mass is 9.94. The highest BCUT2D eigenvalue weighted by molar-refractivity contribution is 5.83. The molecule has 21 heavy (non-hydrogen) atoms. The zero-order chi connectivity index (χ0) is 14.0. The number of hydrogen-bond donors (Lipinski definition) is 0. The van der Waals surface area contributed by atoms with Crippen molar-refractivity contribution >= 4 is 17.0 Å². The zero-order valence-corrected chi connectivity index (χ0v) is 11.8. The molecule has 8 nitrogen and oxygen atoms in total. The zero-order valence-electron chi connectivity index (χ0n) is 11.8. The van der Waals surface area contributed by atoms with E-state index in [0.717, 1.165) is 36.4 Å². The summed E-state index contributed by atoms with van der Waals surface area (Å²) >= 11 is 0. The number of aromatic nitrogens is 5. The van der Waals surface area contributed by atoms with Crippen molar-refractivity contribution in [2.75, 3.05) is 4.90 Å². The fourth-order valence-corrected chi connectivity index (χ4v) is 3.96. The highest BCUT2D eigenvalue weighted by Crippen LogP contribution is 2.50. The monoisotopic (exact) mass is 284 g/mol. The highest BCUT2D eigenvalue weighted by Gasteiger charge is 2.54. The minimum atomic E-state index is -0.0600. The normalized spacial score (nSPS) is 28.7. The van der Waals surface area contributed by atoms with E-state index in [1.165, 1.54) is 12.8 Å². The topological polar surface area (TPSA) is 84.5 Å². The minimum absolute atomic E-state index is 0.0600. The lowest BCUT2D eigenvalue weighted by Gasteiger charge is -2.37. The van der Waals surface area contributed by atoms with Crippen LogP contribution in [0.15, 0.2) is 16.6 Å². The smallest absolute Gasteiger partial charge is 0.194 e. The molecule has 5 rings (SSSR count). The van der Waals surface area contributed by atoms with Crippen LogP contribution in [0.5, 0.6) is 0 Å². The molecule has 0 saturated carbocycles. The molecule has 2 unspecified atom stereocenters. The third-order valence-electron chi connectivity index (χ3n) is 4.95. The molecule has 0 aliphatic carbocycles. The van der Waals surface area contributed by atoms with Crippen LogP contribution in [-0.2, 0) is 6.54 Å². The van der Waals surface area contributed by atoms with Gasteiger partial charge in [0.15, 0.2) is 22.6 Å². The largest absolute Gasteiger partial charge is 0.348 e. The van der Waals surface area contributed by atoms with Crippen molar-refractivity contribution in [3.63, 3.8) is 0 Å². The van der Waals surface area contributed by atoms with E-state index in [-0.39, 0.29) is 5.66 Å². The number of hydrogen-bond acceptors (Lipinski definition) is 7. The van der Waals surface area contributed by atoms with Gasteiger partial charge in [0.1, 0.15) is 6.33 Å². The Hall–Kier alpha value is -2.12. The van der Waals surface area contributed by atoms with Crippen molar-refractivity contribution in [1.82, 2.24) is 25.0 Å². The first-order valence-corrected chi connectivity index (χ1v) is 7.56. The number of piperidine rings is 1. The predicted molar refractivity (Wildman–Crippen MR) is 74.9 cm³/mol. The Kier molecular flexibility index (Phi) is 2.06. The van der Waals surface area contributed by atoms with Gasteiger partial charge in [-0.3, -0.25) is 0 Å². The van der Waals surface area contributed by atoms with Crippen molar-refractivity contribution in [1.29, 1.82) is 0 Å². The fraction of sp³-hybridized carbons (Fsp3) is 0.692. The summed E-state index contributed by atoms with van der Waals surface area (Å²) < 4.78 is 1.82. The molecule has 2 fully saturated rings. The predicted octanol–water partition coefficient (Wildman–Crippen LogP) is 1.53. The summed E-state index contributed by atoms with van der Waals surface area (Å²) in [7, 11) is 0. The molecular weight excluding hydrogens is 268 g/mol. The Balaban J connectivity index is 1.60. The van der Waals surface area contributed by atoms with Crippen LogP contribution in [0.2, 0.25) is 0 Å². The molecule has 3 aliphatic rings. The molecule has 0 N–H and O–H groups in total. The average molecular weight is 284 g/mol. The van der Waals surface area contributed by atoms with Gasteiger partial charge in [0.25, 0.3) is 0 Å². The van der Waals surface area contributed by atoms with Crippen LogP contribution in [-0.4, -0.2) is 42.7 Å². The molecule has 8 heteroatoms. The summed E-state index contributed by atoms with van der Waals surface area (Å²) in [6, 6.07) is 0.923. The molecule has 0 radical (unpaired) electrons. The van der Waals surface area contributed by atoms with Gasteiger partial charge in [0, 0.05) is 31.5 Å². The summed E-state index contributed by atoms with van der Waals surface area (Å²) in [5.74, 6) is 0.933. The van der Waals surface area contributed by atoms with E-state index < -0.39 is 0 Å². The Morgan fingerprint density at radius 2 is 1.95 bits per heavy atom. The summed E-state index contributed by atoms with van der Waals surface area (Å²) in [5.41, 5.74) is 1.58. The quantitative estimate of drug-likeness (QED) is 0.835. The second-order valence-electron chi connectivity index (χ2n) is 6.16. The number of rotatable bonds is 2. The molecule has 2 aromatic heterocycles. The Morgan fingerprint density at radius 1 is 1.19 bits per heavy atom. The maximum absolute atomic E-state index is 4.52. The first-order valence-electron chi connectivity index (χ1n) is 7.56. The lowest BCUT2D eigenvalue weighted by Crippen LogP contribution is -2.46. The van der Waals surface area contributed by atoms with E-state index in [2.05, 4.69) is 35.4 Å².